The number of carbonyl (C=O) groups excluding carboxylic acids is 1. The van der Waals surface area contributed by atoms with E-state index in [2.05, 4.69) is 5.32 Å². The van der Waals surface area contributed by atoms with Gasteiger partial charge in [-0.3, -0.25) is 4.79 Å². The fourth-order valence-corrected chi connectivity index (χ4v) is 5.47. The van der Waals surface area contributed by atoms with Crippen LogP contribution in [0.1, 0.15) is 24.0 Å². The predicted molar refractivity (Wildman–Crippen MR) is 116 cm³/mol. The molecule has 1 fully saturated rings. The highest BCUT2D eigenvalue weighted by atomic mass is 32.2. The van der Waals surface area contributed by atoms with E-state index in [0.29, 0.717) is 12.1 Å². The van der Waals surface area contributed by atoms with E-state index in [1.807, 2.05) is 0 Å². The molecule has 1 N–H and O–H groups in total. The lowest BCUT2D eigenvalue weighted by Gasteiger charge is -2.31. The second-order valence-electron chi connectivity index (χ2n) is 8.00. The molecule has 0 unspecified atom stereocenters. The third-order valence-electron chi connectivity index (χ3n) is 5.60. The molecule has 3 rings (SSSR count). The zero-order valence-corrected chi connectivity index (χ0v) is 19.9. The van der Waals surface area contributed by atoms with Crippen LogP contribution in [0.3, 0.4) is 0 Å². The summed E-state index contributed by atoms with van der Waals surface area (Å²) in [6, 6.07) is 4.88. The Balaban J connectivity index is 1.86. The van der Waals surface area contributed by atoms with E-state index >= 15 is 0 Å². The average Bonchev–Trinajstić information content (AvgIpc) is 2.82. The van der Waals surface area contributed by atoms with Gasteiger partial charge in [-0.05, 0) is 43.2 Å². The molecule has 0 aliphatic carbocycles. The summed E-state index contributed by atoms with van der Waals surface area (Å²) in [6.45, 7) is -0.284. The minimum absolute atomic E-state index is 0.0334. The van der Waals surface area contributed by atoms with Crippen LogP contribution >= 0.6 is 0 Å². The molecule has 0 spiro atoms. The van der Waals surface area contributed by atoms with Crippen molar-refractivity contribution in [3.8, 4) is 11.5 Å². The Bertz CT molecular complexity index is 1200. The summed E-state index contributed by atoms with van der Waals surface area (Å²) < 4.78 is 116. The van der Waals surface area contributed by atoms with Crippen molar-refractivity contribution in [2.45, 2.75) is 30.1 Å². The number of hydrogen-bond acceptors (Lipinski definition) is 5. The number of methoxy groups -OCH3 is 2. The first-order valence-electron chi connectivity index (χ1n) is 10.5. The Hall–Kier alpha value is -3.00. The first kappa shape index (κ1) is 27.6. The van der Waals surface area contributed by atoms with Crippen LogP contribution < -0.4 is 14.8 Å². The number of rotatable bonds is 6. The number of halogens is 6. The Morgan fingerprint density at radius 1 is 0.972 bits per heavy atom. The van der Waals surface area contributed by atoms with Crippen LogP contribution in [0.25, 0.3) is 0 Å². The topological polar surface area (TPSA) is 84.9 Å². The highest BCUT2D eigenvalue weighted by Gasteiger charge is 2.38. The molecular formula is C22H22F6N2O5S. The molecular weight excluding hydrogens is 518 g/mol. The largest absolute Gasteiger partial charge is 0.497 e. The number of piperidine rings is 1. The van der Waals surface area contributed by atoms with Gasteiger partial charge >= 0.3 is 12.4 Å². The van der Waals surface area contributed by atoms with E-state index < -0.39 is 51.0 Å². The number of carbonyl (C=O) groups is 1. The van der Waals surface area contributed by atoms with Crippen molar-refractivity contribution in [2.24, 2.45) is 5.92 Å². The van der Waals surface area contributed by atoms with Crippen molar-refractivity contribution < 1.29 is 49.0 Å². The molecule has 1 aliphatic heterocycles. The van der Waals surface area contributed by atoms with E-state index in [1.54, 1.807) is 0 Å². The average molecular weight is 540 g/mol. The predicted octanol–water partition coefficient (Wildman–Crippen LogP) is 4.78. The minimum atomic E-state index is -5.08. The summed E-state index contributed by atoms with van der Waals surface area (Å²) in [5.41, 5.74) is -3.85. The molecule has 1 amide bonds. The molecule has 1 aliphatic rings. The SMILES string of the molecule is COc1ccc(OC)c(S(=O)(=O)N2CCC[C@H](C(=O)Nc3cc(C(F)(F)F)cc(C(F)(F)F)c3)C2)c1. The van der Waals surface area contributed by atoms with Gasteiger partial charge in [-0.1, -0.05) is 0 Å². The molecule has 2 aromatic rings. The van der Waals surface area contributed by atoms with Crippen molar-refractivity contribution in [1.29, 1.82) is 0 Å². The molecule has 0 aromatic heterocycles. The quantitative estimate of drug-likeness (QED) is 0.534. The third-order valence-corrected chi connectivity index (χ3v) is 7.49. The van der Waals surface area contributed by atoms with Gasteiger partial charge in [0.05, 0.1) is 31.3 Å². The van der Waals surface area contributed by atoms with E-state index in [9.17, 15) is 39.6 Å². The summed E-state index contributed by atoms with van der Waals surface area (Å²) in [5, 5.41) is 2.08. The summed E-state index contributed by atoms with van der Waals surface area (Å²) >= 11 is 0. The number of alkyl halides is 6. The summed E-state index contributed by atoms with van der Waals surface area (Å²) in [4.78, 5) is 12.6. The maximum absolute atomic E-state index is 13.3. The first-order valence-corrected chi connectivity index (χ1v) is 11.9. The van der Waals surface area contributed by atoms with Crippen molar-refractivity contribution in [3.05, 3.63) is 47.5 Å². The van der Waals surface area contributed by atoms with E-state index in [1.165, 1.54) is 32.4 Å². The van der Waals surface area contributed by atoms with Crippen molar-refractivity contribution >= 4 is 21.6 Å². The lowest BCUT2D eigenvalue weighted by atomic mass is 9.98. The molecule has 0 saturated carbocycles. The number of nitrogens with zero attached hydrogens (tertiary/aromatic N) is 1. The van der Waals surface area contributed by atoms with Gasteiger partial charge in [0.2, 0.25) is 15.9 Å². The van der Waals surface area contributed by atoms with Crippen LogP contribution in [-0.4, -0.2) is 45.9 Å². The summed E-state index contributed by atoms with van der Waals surface area (Å²) in [6.07, 6.45) is -9.74. The highest BCUT2D eigenvalue weighted by Crippen LogP contribution is 2.38. The molecule has 0 bridgehead atoms. The molecule has 1 atom stereocenters. The van der Waals surface area contributed by atoms with Gasteiger partial charge < -0.3 is 14.8 Å². The second kappa shape index (κ2) is 10.2. The van der Waals surface area contributed by atoms with Gasteiger partial charge in [-0.25, -0.2) is 8.42 Å². The van der Waals surface area contributed by atoms with E-state index in [4.69, 9.17) is 9.47 Å². The Morgan fingerprint density at radius 2 is 1.58 bits per heavy atom. The third kappa shape index (κ3) is 6.03. The van der Waals surface area contributed by atoms with Gasteiger partial charge in [0.1, 0.15) is 16.4 Å². The van der Waals surface area contributed by atoms with Crippen LogP contribution in [0.2, 0.25) is 0 Å². The zero-order chi connectivity index (χ0) is 26.9. The van der Waals surface area contributed by atoms with Gasteiger partial charge in [0.15, 0.2) is 0 Å². The normalized spacial score (nSPS) is 17.5. The number of sulfonamides is 1. The fraction of sp³-hybridized carbons (Fsp3) is 0.409. The molecule has 1 heterocycles. The smallest absolute Gasteiger partial charge is 0.416 e. The molecule has 14 heteroatoms. The van der Waals surface area contributed by atoms with Gasteiger partial charge in [0.25, 0.3) is 0 Å². The fourth-order valence-electron chi connectivity index (χ4n) is 3.77. The molecule has 1 saturated heterocycles. The standard InChI is InChI=1S/C22H22F6N2O5S/c1-34-17-5-6-18(35-2)19(11-17)36(32,33)30-7-3-4-13(12-30)20(31)29-16-9-14(21(23,24)25)8-15(10-16)22(26,27)28/h5-6,8-11,13H,3-4,7,12H2,1-2H3,(H,29,31)/t13-/m0/s1. The number of anilines is 1. The maximum atomic E-state index is 13.3. The monoisotopic (exact) mass is 540 g/mol. The van der Waals surface area contributed by atoms with Gasteiger partial charge in [0, 0.05) is 24.8 Å². The van der Waals surface area contributed by atoms with Crippen LogP contribution in [0.5, 0.6) is 11.5 Å². The van der Waals surface area contributed by atoms with Crippen LogP contribution in [0.15, 0.2) is 41.3 Å². The lowest BCUT2D eigenvalue weighted by molar-refractivity contribution is -0.143. The number of hydrogen-bond donors (Lipinski definition) is 1. The van der Waals surface area contributed by atoms with Gasteiger partial charge in [-0.2, -0.15) is 30.6 Å². The van der Waals surface area contributed by atoms with E-state index in [0.717, 1.165) is 4.31 Å². The second-order valence-corrected chi connectivity index (χ2v) is 9.91. The highest BCUT2D eigenvalue weighted by molar-refractivity contribution is 7.89. The van der Waals surface area contributed by atoms with E-state index in [-0.39, 0.29) is 48.4 Å². The summed E-state index contributed by atoms with van der Waals surface area (Å²) in [7, 11) is -1.56. The first-order chi connectivity index (χ1) is 16.7. The van der Waals surface area contributed by atoms with Crippen LogP contribution in [0.4, 0.5) is 32.0 Å². The lowest BCUT2D eigenvalue weighted by Crippen LogP contribution is -2.43. The number of nitrogens with one attached hydrogen (secondary N) is 1. The summed E-state index contributed by atoms with van der Waals surface area (Å²) in [5.74, 6) is -1.65. The Morgan fingerprint density at radius 3 is 2.11 bits per heavy atom. The van der Waals surface area contributed by atoms with Crippen molar-refractivity contribution in [3.63, 3.8) is 0 Å². The number of amides is 1. The molecule has 198 valence electrons. The number of benzene rings is 2. The Labute approximate surface area is 203 Å². The maximum Gasteiger partial charge on any atom is 0.416 e. The van der Waals surface area contributed by atoms with Gasteiger partial charge in [-0.15, -0.1) is 0 Å². The van der Waals surface area contributed by atoms with Crippen molar-refractivity contribution in [1.82, 2.24) is 4.31 Å². The zero-order valence-electron chi connectivity index (χ0n) is 19.0. The molecule has 7 nitrogen and oxygen atoms in total. The van der Waals surface area contributed by atoms with Crippen LogP contribution in [0, 0.1) is 5.92 Å². The molecule has 36 heavy (non-hydrogen) atoms. The Kier molecular flexibility index (Phi) is 7.79. The number of ether oxygens (including phenoxy) is 2. The van der Waals surface area contributed by atoms with Crippen LogP contribution in [-0.2, 0) is 27.2 Å². The van der Waals surface area contributed by atoms with Crippen molar-refractivity contribution in [2.75, 3.05) is 32.6 Å². The molecule has 2 aromatic carbocycles. The minimum Gasteiger partial charge on any atom is -0.497 e. The molecule has 0 radical (unpaired) electrons.